The molecule has 0 aromatic heterocycles. The zero-order chi connectivity index (χ0) is 51.4. The SMILES string of the molecule is [3H]CCOC[C@@H]1O[C@@H](O[C@@H]2CCCC(N=[N+]=[N-])[C@H]2O[C@@H]2OC(C)[C@@H](C)[C@H](OCc3ccccc3)C2OCc2ccccc2)C(NC(=O)OCC=C)C(O[C@@H](CC2CCCCC2)C(=O)OCc2ccccc2)[C@H]1O. The molecule has 3 aromatic rings. The van der Waals surface area contributed by atoms with Gasteiger partial charge in [0.15, 0.2) is 18.7 Å². The van der Waals surface area contributed by atoms with Crippen molar-refractivity contribution in [2.45, 2.75) is 178 Å². The number of hydrogen-bond acceptors (Lipinski definition) is 14. The Morgan fingerprint density at radius 2 is 1.47 bits per heavy atom. The molecule has 1 amide bonds. The van der Waals surface area contributed by atoms with Gasteiger partial charge in [0.05, 0.1) is 50.3 Å². The summed E-state index contributed by atoms with van der Waals surface area (Å²) in [5, 5.41) is 19.3. The zero-order valence-corrected chi connectivity index (χ0v) is 41.6. The largest absolute Gasteiger partial charge is 0.459 e. The lowest BCUT2D eigenvalue weighted by atomic mass is 9.85. The van der Waals surface area contributed by atoms with Crippen LogP contribution in [0.5, 0.6) is 0 Å². The van der Waals surface area contributed by atoms with Gasteiger partial charge in [-0.1, -0.05) is 154 Å². The highest BCUT2D eigenvalue weighted by Gasteiger charge is 2.53. The Labute approximate surface area is 425 Å². The van der Waals surface area contributed by atoms with E-state index in [4.69, 9.17) is 48.7 Å². The fourth-order valence-electron chi connectivity index (χ4n) is 10.1. The molecular weight excluding hydrogens is 925 g/mol. The molecule has 2 aliphatic carbocycles. The molecular formula is C55H74N4O13. The molecule has 17 heteroatoms. The fraction of sp³-hybridized carbons (Fsp3) is 0.600. The van der Waals surface area contributed by atoms with Crippen LogP contribution in [0, 0.1) is 11.8 Å². The predicted octanol–water partition coefficient (Wildman–Crippen LogP) is 9.04. The van der Waals surface area contributed by atoms with Crippen LogP contribution in [-0.2, 0) is 72.0 Å². The molecule has 72 heavy (non-hydrogen) atoms. The van der Waals surface area contributed by atoms with Crippen molar-refractivity contribution in [1.29, 1.82) is 0 Å². The molecule has 2 aliphatic heterocycles. The summed E-state index contributed by atoms with van der Waals surface area (Å²) in [6.07, 6.45) is -3.88. The van der Waals surface area contributed by atoms with E-state index in [2.05, 4.69) is 28.8 Å². The standard InChI is InChI=1S/C55H74N4O13/c1-5-30-64-55(62)57-46-50(69-44(31-38-20-11-7-12-21-38)52(61)67-34-41-26-17-10-18-27-41)47(60)45(35-63-6-2)71-53(46)70-43-29-19-28-42(58-59-56)49(43)72-54-51(66-33-40-24-15-9-16-25-40)48(36(3)37(4)68-54)65-32-39-22-13-8-14-23-39/h5,8-10,13-18,22-27,36-38,42-51,53-54,60H,1,6-7,11-12,19-21,28-35H2,2-4H3,(H,57,62)/t36-,37?,42?,43-,44+,45+,46?,47+,48+,49-,50?,51?,53-,54+/m1/s1/i2T. The molecule has 0 bridgehead atoms. The third-order valence-electron chi connectivity index (χ3n) is 14.1. The summed E-state index contributed by atoms with van der Waals surface area (Å²) in [6.45, 7) is 7.91. The highest BCUT2D eigenvalue weighted by Crippen LogP contribution is 2.38. The molecule has 5 unspecified atom stereocenters. The van der Waals surface area contributed by atoms with Crippen molar-refractivity contribution in [3.8, 4) is 0 Å². The van der Waals surface area contributed by atoms with Crippen LogP contribution in [0.25, 0.3) is 10.4 Å². The van der Waals surface area contributed by atoms with Crippen molar-refractivity contribution in [3.05, 3.63) is 131 Å². The summed E-state index contributed by atoms with van der Waals surface area (Å²) >= 11 is 0. The van der Waals surface area contributed by atoms with Crippen LogP contribution in [0.1, 0.15) is 96.6 Å². The van der Waals surface area contributed by atoms with Gasteiger partial charge in [-0.15, -0.1) is 0 Å². The summed E-state index contributed by atoms with van der Waals surface area (Å²) in [5.41, 5.74) is 12.7. The van der Waals surface area contributed by atoms with E-state index in [1.807, 2.05) is 97.9 Å². The van der Waals surface area contributed by atoms with Gasteiger partial charge >= 0.3 is 12.1 Å². The number of nitrogens with one attached hydrogen (secondary N) is 1. The molecule has 0 spiro atoms. The van der Waals surface area contributed by atoms with E-state index in [1.165, 1.54) is 6.08 Å². The first-order valence-electron chi connectivity index (χ1n) is 26.3. The third-order valence-corrected chi connectivity index (χ3v) is 14.1. The Bertz CT molecular complexity index is 2160. The molecule has 7 rings (SSSR count). The number of azide groups is 1. The first-order valence-corrected chi connectivity index (χ1v) is 25.6. The van der Waals surface area contributed by atoms with E-state index >= 15 is 0 Å². The van der Waals surface area contributed by atoms with Crippen LogP contribution in [0.3, 0.4) is 0 Å². The number of hydrogen-bond donors (Lipinski definition) is 2. The molecule has 14 atom stereocenters. The summed E-state index contributed by atoms with van der Waals surface area (Å²) in [6, 6.07) is 26.9. The fourth-order valence-corrected chi connectivity index (χ4v) is 10.1. The number of ether oxygens (including phenoxy) is 10. The number of nitrogens with zero attached hydrogens (tertiary/aromatic N) is 3. The van der Waals surface area contributed by atoms with Gasteiger partial charge in [-0.2, -0.15) is 0 Å². The molecule has 2 heterocycles. The minimum atomic E-state index is -1.49. The van der Waals surface area contributed by atoms with Crippen molar-refractivity contribution < 1.29 is 63.4 Å². The lowest BCUT2D eigenvalue weighted by Gasteiger charge is -2.49. The molecule has 2 saturated carbocycles. The number of alkyl carbamates (subject to hydrolysis) is 1. The molecule has 0 radical (unpaired) electrons. The zero-order valence-electron chi connectivity index (χ0n) is 42.6. The Balaban J connectivity index is 1.21. The second kappa shape index (κ2) is 28.5. The predicted molar refractivity (Wildman–Crippen MR) is 266 cm³/mol. The first-order chi connectivity index (χ1) is 35.6. The van der Waals surface area contributed by atoms with Crippen molar-refractivity contribution in [2.75, 3.05) is 19.8 Å². The minimum absolute atomic E-state index is 0.00127. The van der Waals surface area contributed by atoms with Crippen LogP contribution >= 0.6 is 0 Å². The number of aliphatic hydroxyl groups is 1. The quantitative estimate of drug-likeness (QED) is 0.0215. The van der Waals surface area contributed by atoms with Crippen LogP contribution in [0.4, 0.5) is 4.79 Å². The van der Waals surface area contributed by atoms with Crippen molar-refractivity contribution in [2.24, 2.45) is 17.0 Å². The number of amides is 1. The number of carbonyl (C=O) groups excluding carboxylic acids is 2. The second-order valence-electron chi connectivity index (χ2n) is 19.2. The van der Waals surface area contributed by atoms with Crippen LogP contribution in [0.15, 0.2) is 109 Å². The average molecular weight is 1000 g/mol. The Hall–Kier alpha value is -4.91. The van der Waals surface area contributed by atoms with E-state index in [0.29, 0.717) is 32.3 Å². The monoisotopic (exact) mass is 1000 g/mol. The minimum Gasteiger partial charge on any atom is -0.459 e. The highest BCUT2D eigenvalue weighted by molar-refractivity contribution is 5.74. The van der Waals surface area contributed by atoms with Gasteiger partial charge in [0.1, 0.15) is 43.7 Å². The lowest BCUT2D eigenvalue weighted by molar-refractivity contribution is -0.337. The van der Waals surface area contributed by atoms with Crippen molar-refractivity contribution >= 4 is 12.1 Å². The number of rotatable bonds is 24. The summed E-state index contributed by atoms with van der Waals surface area (Å²) in [4.78, 5) is 31.1. The molecule has 2 saturated heterocycles. The van der Waals surface area contributed by atoms with Gasteiger partial charge in [-0.05, 0) is 61.2 Å². The number of carbonyl (C=O) groups is 2. The van der Waals surface area contributed by atoms with Crippen molar-refractivity contribution in [1.82, 2.24) is 5.32 Å². The number of esters is 1. The van der Waals surface area contributed by atoms with Crippen molar-refractivity contribution in [3.63, 3.8) is 0 Å². The van der Waals surface area contributed by atoms with Crippen LogP contribution in [0.2, 0.25) is 0 Å². The number of benzene rings is 3. The van der Waals surface area contributed by atoms with E-state index < -0.39 is 85.6 Å². The molecule has 3 aromatic carbocycles. The van der Waals surface area contributed by atoms with E-state index in [-0.39, 0.29) is 57.9 Å². The normalized spacial score (nSPS) is 30.5. The molecule has 4 fully saturated rings. The van der Waals surface area contributed by atoms with E-state index in [1.54, 1.807) is 0 Å². The molecule has 17 nitrogen and oxygen atoms in total. The van der Waals surface area contributed by atoms with Gasteiger partial charge < -0.3 is 57.8 Å². The maximum atomic E-state index is 14.2. The third kappa shape index (κ3) is 15.6. The van der Waals surface area contributed by atoms with Gasteiger partial charge in [0.25, 0.3) is 0 Å². The van der Waals surface area contributed by atoms with Gasteiger partial charge in [-0.3, -0.25) is 0 Å². The topological polar surface area (TPSA) is 207 Å². The lowest BCUT2D eigenvalue weighted by Crippen LogP contribution is -2.67. The number of aliphatic hydroxyl groups excluding tert-OH is 1. The second-order valence-corrected chi connectivity index (χ2v) is 19.2. The molecule has 4 aliphatic rings. The average Bonchev–Trinajstić information content (AvgIpc) is 3.41. The summed E-state index contributed by atoms with van der Waals surface area (Å²) in [7, 11) is 0. The van der Waals surface area contributed by atoms with Crippen LogP contribution < -0.4 is 5.32 Å². The molecule has 392 valence electrons. The smallest absolute Gasteiger partial charge is 0.407 e. The summed E-state index contributed by atoms with van der Waals surface area (Å²) < 4.78 is 72.4. The maximum Gasteiger partial charge on any atom is 0.407 e. The van der Waals surface area contributed by atoms with Gasteiger partial charge in [-0.25, -0.2) is 9.59 Å². The Morgan fingerprint density at radius 1 is 0.819 bits per heavy atom. The van der Waals surface area contributed by atoms with Crippen LogP contribution in [-0.4, -0.2) is 117 Å². The van der Waals surface area contributed by atoms with Gasteiger partial charge in [0, 0.05) is 18.8 Å². The maximum absolute atomic E-state index is 14.2. The van der Waals surface area contributed by atoms with E-state index in [0.717, 1.165) is 48.8 Å². The summed E-state index contributed by atoms with van der Waals surface area (Å²) in [5.74, 6) is -0.611. The van der Waals surface area contributed by atoms with E-state index in [9.17, 15) is 20.2 Å². The Kier molecular flexibility index (Phi) is 21.1. The Morgan fingerprint density at radius 3 is 2.11 bits per heavy atom. The molecule has 2 N–H and O–H groups in total. The van der Waals surface area contributed by atoms with Gasteiger partial charge in [0.2, 0.25) is 0 Å². The first kappa shape index (κ1) is 53.4. The highest BCUT2D eigenvalue weighted by atomic mass is 16.7.